The van der Waals surface area contributed by atoms with Gasteiger partial charge < -0.3 is 18.5 Å². The van der Waals surface area contributed by atoms with Gasteiger partial charge >= 0.3 is 0 Å². The zero-order chi connectivity index (χ0) is 47.9. The zero-order valence-electron chi connectivity index (χ0n) is 39.3. The van der Waals surface area contributed by atoms with Crippen molar-refractivity contribution in [1.29, 1.82) is 0 Å². The van der Waals surface area contributed by atoms with Gasteiger partial charge in [0.05, 0.1) is 49.6 Å². The molecule has 4 heterocycles. The van der Waals surface area contributed by atoms with Gasteiger partial charge in [0.25, 0.3) is 0 Å². The Labute approximate surface area is 419 Å². The first-order valence-corrected chi connectivity index (χ1v) is 25.0. The molecule has 2 aliphatic rings. The van der Waals surface area contributed by atoms with Gasteiger partial charge in [-0.1, -0.05) is 164 Å². The van der Waals surface area contributed by atoms with Crippen molar-refractivity contribution in [2.45, 2.75) is 5.41 Å². The van der Waals surface area contributed by atoms with Gasteiger partial charge in [-0.25, -0.2) is 0 Å². The molecule has 0 atom stereocenters. The Balaban J connectivity index is 0.987. The Morgan fingerprint density at radius 2 is 0.726 bits per heavy atom. The average molecular weight is 932 g/mol. The second-order valence-corrected chi connectivity index (χ2v) is 19.5. The Hall–Kier alpha value is -9.71. The maximum atomic E-state index is 13.6. The quantitative estimate of drug-likeness (QED) is 0.165. The summed E-state index contributed by atoms with van der Waals surface area (Å²) in [5.41, 5.74) is 20.0. The molecule has 73 heavy (non-hydrogen) atoms. The van der Waals surface area contributed by atoms with E-state index in [0.29, 0.717) is 21.9 Å². The fourth-order valence-electron chi connectivity index (χ4n) is 12.9. The van der Waals surface area contributed by atoms with E-state index in [9.17, 15) is 4.79 Å². The highest BCUT2D eigenvalue weighted by Crippen LogP contribution is 2.64. The molecule has 5 heteroatoms. The molecule has 0 saturated heterocycles. The van der Waals surface area contributed by atoms with Crippen LogP contribution in [-0.2, 0) is 5.41 Å². The molecular weight excluding hydrogens is 891 g/mol. The summed E-state index contributed by atoms with van der Waals surface area (Å²) < 4.78 is 11.2. The standard InChI is InChI=1S/C68H41N3O2/c72-67-53-21-7-14-28-65(53)73-66-39-43(31-36-54(66)67)42-29-32-44(33-30-42)69-63-40-45(70-59-24-10-3-17-49(59)50-18-4-11-25-60(50)70)34-37-57(63)68(55-22-8-1-15-47(55)48-16-2-9-23-56(48)68)58-38-35-46(41-64(58)69)71-61-26-12-5-19-51(61)52-20-6-13-27-62(52)71/h1-41H. The second kappa shape index (κ2) is 14.9. The van der Waals surface area contributed by atoms with E-state index in [1.807, 2.05) is 42.5 Å². The Bertz CT molecular complexity index is 4410. The average Bonchev–Trinajstić information content (AvgIpc) is 4.14. The lowest BCUT2D eigenvalue weighted by Crippen LogP contribution is -2.36. The first kappa shape index (κ1) is 40.1. The third-order valence-electron chi connectivity index (χ3n) is 15.9. The highest BCUT2D eigenvalue weighted by molar-refractivity contribution is 6.11. The van der Waals surface area contributed by atoms with E-state index in [0.717, 1.165) is 61.6 Å². The molecular formula is C68H41N3O2. The van der Waals surface area contributed by atoms with Crippen LogP contribution in [0.3, 0.4) is 0 Å². The molecule has 11 aromatic carbocycles. The van der Waals surface area contributed by atoms with Crippen LogP contribution in [0.5, 0.6) is 0 Å². The number of hydrogen-bond acceptors (Lipinski definition) is 3. The predicted octanol–water partition coefficient (Wildman–Crippen LogP) is 17.0. The largest absolute Gasteiger partial charge is 0.456 e. The first-order valence-electron chi connectivity index (χ1n) is 25.0. The third kappa shape index (κ3) is 5.43. The van der Waals surface area contributed by atoms with Crippen molar-refractivity contribution in [2.75, 3.05) is 4.90 Å². The molecule has 0 bridgehead atoms. The van der Waals surface area contributed by atoms with Gasteiger partial charge in [-0.3, -0.25) is 4.79 Å². The minimum absolute atomic E-state index is 0.0213. The minimum atomic E-state index is -0.647. The molecule has 16 rings (SSSR count). The Morgan fingerprint density at radius 3 is 1.25 bits per heavy atom. The highest BCUT2D eigenvalue weighted by atomic mass is 16.3. The van der Waals surface area contributed by atoms with Crippen molar-refractivity contribution in [2.24, 2.45) is 0 Å². The number of hydrogen-bond donors (Lipinski definition) is 0. The molecule has 1 spiro atoms. The van der Waals surface area contributed by atoms with Crippen LogP contribution in [0.15, 0.2) is 258 Å². The van der Waals surface area contributed by atoms with Gasteiger partial charge in [-0.15, -0.1) is 0 Å². The zero-order valence-corrected chi connectivity index (χ0v) is 39.3. The number of rotatable bonds is 4. The molecule has 0 unspecified atom stereocenters. The lowest BCUT2D eigenvalue weighted by atomic mass is 9.64. The van der Waals surface area contributed by atoms with E-state index in [4.69, 9.17) is 4.42 Å². The van der Waals surface area contributed by atoms with Gasteiger partial charge in [-0.05, 0) is 129 Å². The van der Waals surface area contributed by atoms with Crippen LogP contribution in [0.1, 0.15) is 22.3 Å². The second-order valence-electron chi connectivity index (χ2n) is 19.5. The van der Waals surface area contributed by atoms with Gasteiger partial charge in [0.15, 0.2) is 0 Å². The van der Waals surface area contributed by atoms with Gasteiger partial charge in [0.2, 0.25) is 5.43 Å². The van der Waals surface area contributed by atoms with Crippen LogP contribution in [0.25, 0.3) is 99.2 Å². The fraction of sp³-hybridized carbons (Fsp3) is 0.0147. The number of aromatic nitrogens is 2. The number of fused-ring (bicyclic) bond motifs is 17. The van der Waals surface area contributed by atoms with Crippen molar-refractivity contribution in [3.63, 3.8) is 0 Å². The van der Waals surface area contributed by atoms with E-state index in [1.54, 1.807) is 0 Å². The predicted molar refractivity (Wildman–Crippen MR) is 300 cm³/mol. The highest BCUT2D eigenvalue weighted by Gasteiger charge is 2.52. The number of benzene rings is 11. The Morgan fingerprint density at radius 1 is 0.315 bits per heavy atom. The van der Waals surface area contributed by atoms with E-state index < -0.39 is 5.41 Å². The summed E-state index contributed by atoms with van der Waals surface area (Å²) in [6, 6.07) is 89.7. The monoisotopic (exact) mass is 931 g/mol. The van der Waals surface area contributed by atoms with Crippen molar-refractivity contribution in [3.05, 3.63) is 281 Å². The smallest absolute Gasteiger partial charge is 0.200 e. The number of anilines is 3. The molecule has 0 saturated carbocycles. The lowest BCUT2D eigenvalue weighted by Gasteiger charge is -2.45. The molecule has 340 valence electrons. The summed E-state index contributed by atoms with van der Waals surface area (Å²) in [6.07, 6.45) is 0. The van der Waals surface area contributed by atoms with Crippen LogP contribution in [-0.4, -0.2) is 9.13 Å². The maximum absolute atomic E-state index is 13.6. The summed E-state index contributed by atoms with van der Waals surface area (Å²) >= 11 is 0. The topological polar surface area (TPSA) is 43.3 Å². The van der Waals surface area contributed by atoms with Crippen molar-refractivity contribution in [3.8, 4) is 33.6 Å². The van der Waals surface area contributed by atoms with E-state index in [2.05, 4.69) is 220 Å². The van der Waals surface area contributed by atoms with Crippen LogP contribution in [0.4, 0.5) is 17.1 Å². The Kier molecular flexibility index (Phi) is 8.18. The minimum Gasteiger partial charge on any atom is -0.456 e. The summed E-state index contributed by atoms with van der Waals surface area (Å²) in [5.74, 6) is 0. The molecule has 1 aliphatic carbocycles. The van der Waals surface area contributed by atoms with Crippen LogP contribution in [0, 0.1) is 0 Å². The molecule has 3 aromatic heterocycles. The SMILES string of the molecule is O=c1c2ccccc2oc2cc(-c3ccc(N4c5cc(-n6c7ccccc7c7ccccc76)ccc5C5(c6ccccc6-c6ccccc65)c5ccc(-n6c7ccccc7c7ccccc76)cc54)cc3)ccc12. The molecule has 1 aliphatic heterocycles. The first-order chi connectivity index (χ1) is 36.1. The van der Waals surface area contributed by atoms with Crippen molar-refractivity contribution >= 4 is 82.6 Å². The van der Waals surface area contributed by atoms with E-state index in [1.165, 1.54) is 54.9 Å². The summed E-state index contributed by atoms with van der Waals surface area (Å²) in [4.78, 5) is 16.1. The molecule has 0 fully saturated rings. The lowest BCUT2D eigenvalue weighted by molar-refractivity contribution is 0.660. The van der Waals surface area contributed by atoms with E-state index in [-0.39, 0.29) is 5.43 Å². The molecule has 5 nitrogen and oxygen atoms in total. The molecule has 0 radical (unpaired) electrons. The number of nitrogens with zero attached hydrogens (tertiary/aromatic N) is 3. The summed E-state index contributed by atoms with van der Waals surface area (Å²) in [6.45, 7) is 0. The fourth-order valence-corrected chi connectivity index (χ4v) is 12.9. The normalized spacial score (nSPS) is 13.3. The van der Waals surface area contributed by atoms with Gasteiger partial charge in [0.1, 0.15) is 11.2 Å². The molecule has 14 aromatic rings. The van der Waals surface area contributed by atoms with Gasteiger partial charge in [0, 0.05) is 38.6 Å². The maximum Gasteiger partial charge on any atom is 0.200 e. The third-order valence-corrected chi connectivity index (χ3v) is 15.9. The van der Waals surface area contributed by atoms with Crippen molar-refractivity contribution < 1.29 is 4.42 Å². The number of para-hydroxylation sites is 5. The summed E-state index contributed by atoms with van der Waals surface area (Å²) in [5, 5.41) is 6.05. The van der Waals surface area contributed by atoms with Crippen LogP contribution >= 0.6 is 0 Å². The van der Waals surface area contributed by atoms with Gasteiger partial charge in [-0.2, -0.15) is 0 Å². The van der Waals surface area contributed by atoms with Crippen molar-refractivity contribution in [1.82, 2.24) is 9.13 Å². The molecule has 0 N–H and O–H groups in total. The summed E-state index contributed by atoms with van der Waals surface area (Å²) in [7, 11) is 0. The van der Waals surface area contributed by atoms with Crippen LogP contribution < -0.4 is 10.3 Å². The van der Waals surface area contributed by atoms with Crippen LogP contribution in [0.2, 0.25) is 0 Å². The molecule has 0 amide bonds. The van der Waals surface area contributed by atoms with E-state index >= 15 is 0 Å².